The van der Waals surface area contributed by atoms with Crippen molar-refractivity contribution >= 4 is 0 Å². The quantitative estimate of drug-likeness (QED) is 0.132. The lowest BCUT2D eigenvalue weighted by molar-refractivity contribution is 0.533. The fourth-order valence-electron chi connectivity index (χ4n) is 3.73. The van der Waals surface area contributed by atoms with Crippen molar-refractivity contribution < 1.29 is 0 Å². The van der Waals surface area contributed by atoms with E-state index in [4.69, 9.17) is 0 Å². The van der Waals surface area contributed by atoms with Gasteiger partial charge in [-0.05, 0) is 25.7 Å². The second-order valence-corrected chi connectivity index (χ2v) is 8.41. The van der Waals surface area contributed by atoms with Crippen LogP contribution < -0.4 is 0 Å². The van der Waals surface area contributed by atoms with Gasteiger partial charge in [-0.15, -0.1) is 0 Å². The van der Waals surface area contributed by atoms with Gasteiger partial charge in [-0.3, -0.25) is 0 Å². The zero-order chi connectivity index (χ0) is 19.0. The molecule has 0 aliphatic heterocycles. The number of rotatable bonds is 22. The predicted molar refractivity (Wildman–Crippen MR) is 122 cm³/mol. The first-order valence-electron chi connectivity index (χ1n) is 12.6. The highest BCUT2D eigenvalue weighted by molar-refractivity contribution is 4.81. The molecule has 0 radical (unpaired) electrons. The van der Waals surface area contributed by atoms with E-state index in [2.05, 4.69) is 26.0 Å². The van der Waals surface area contributed by atoms with Gasteiger partial charge in [0.25, 0.3) is 0 Å². The molecule has 0 aromatic carbocycles. The third-order valence-electron chi connectivity index (χ3n) is 5.62. The molecule has 0 atom stereocenters. The number of allylic oxidation sites excluding steroid dienone is 2. The van der Waals surface area contributed by atoms with Gasteiger partial charge in [-0.25, -0.2) is 0 Å². The molecule has 0 saturated carbocycles. The van der Waals surface area contributed by atoms with E-state index in [1.165, 1.54) is 141 Å². The Hall–Kier alpha value is -0.260. The smallest absolute Gasteiger partial charge is 0.0351 e. The van der Waals surface area contributed by atoms with Crippen LogP contribution in [-0.2, 0) is 0 Å². The molecule has 0 heterocycles. The van der Waals surface area contributed by atoms with Gasteiger partial charge in [0.15, 0.2) is 0 Å². The van der Waals surface area contributed by atoms with Crippen molar-refractivity contribution in [2.24, 2.45) is 0 Å². The molecule has 0 spiro atoms. The Morgan fingerprint density at radius 2 is 0.538 bits per heavy atom. The summed E-state index contributed by atoms with van der Waals surface area (Å²) < 4.78 is 0. The summed E-state index contributed by atoms with van der Waals surface area (Å²) in [4.78, 5) is 0. The SMILES string of the molecule is CCCCCCC/C=C/CCCCCCCCCCCCCCCCC. The van der Waals surface area contributed by atoms with Crippen LogP contribution in [0.2, 0.25) is 0 Å². The fourth-order valence-corrected chi connectivity index (χ4v) is 3.73. The van der Waals surface area contributed by atoms with Gasteiger partial charge in [-0.1, -0.05) is 142 Å². The minimum absolute atomic E-state index is 1.31. The third kappa shape index (κ3) is 23.7. The van der Waals surface area contributed by atoms with Gasteiger partial charge in [0.05, 0.1) is 0 Å². The van der Waals surface area contributed by atoms with Crippen molar-refractivity contribution in [3.05, 3.63) is 12.2 Å². The molecule has 0 saturated heterocycles. The second kappa shape index (κ2) is 24.7. The summed E-state index contributed by atoms with van der Waals surface area (Å²) in [5.74, 6) is 0. The van der Waals surface area contributed by atoms with Crippen LogP contribution in [0, 0.1) is 0 Å². The summed E-state index contributed by atoms with van der Waals surface area (Å²) in [7, 11) is 0. The highest BCUT2D eigenvalue weighted by Crippen LogP contribution is 2.14. The Morgan fingerprint density at radius 1 is 0.308 bits per heavy atom. The molecule has 0 heteroatoms. The molecular weight excluding hydrogens is 312 g/mol. The van der Waals surface area contributed by atoms with E-state index in [0.717, 1.165) is 0 Å². The van der Waals surface area contributed by atoms with Crippen LogP contribution >= 0.6 is 0 Å². The summed E-state index contributed by atoms with van der Waals surface area (Å²) in [5, 5.41) is 0. The van der Waals surface area contributed by atoms with Gasteiger partial charge in [-0.2, -0.15) is 0 Å². The summed E-state index contributed by atoms with van der Waals surface area (Å²) in [6.07, 6.45) is 36.4. The van der Waals surface area contributed by atoms with E-state index in [1.54, 1.807) is 0 Å². The van der Waals surface area contributed by atoms with Gasteiger partial charge in [0.2, 0.25) is 0 Å². The zero-order valence-electron chi connectivity index (χ0n) is 18.7. The Bertz CT molecular complexity index is 253. The maximum absolute atomic E-state index is 2.43. The Labute approximate surface area is 167 Å². The molecular formula is C26H52. The number of hydrogen-bond acceptors (Lipinski definition) is 0. The van der Waals surface area contributed by atoms with Gasteiger partial charge in [0.1, 0.15) is 0 Å². The highest BCUT2D eigenvalue weighted by Gasteiger charge is 1.94. The lowest BCUT2D eigenvalue weighted by Gasteiger charge is -2.03. The molecule has 0 unspecified atom stereocenters. The molecule has 0 aliphatic carbocycles. The molecule has 26 heavy (non-hydrogen) atoms. The van der Waals surface area contributed by atoms with Crippen molar-refractivity contribution in [3.63, 3.8) is 0 Å². The standard InChI is InChI=1S/C26H52/c1-3-5-7-9-11-13-15-17-19-21-23-25-26-24-22-20-18-16-14-12-10-8-6-4-2/h15,17H,3-14,16,18-26H2,1-2H3/b17-15+. The predicted octanol–water partition coefficient (Wildman–Crippen LogP) is 10.2. The van der Waals surface area contributed by atoms with Gasteiger partial charge in [0, 0.05) is 0 Å². The van der Waals surface area contributed by atoms with Crippen LogP contribution in [0.3, 0.4) is 0 Å². The lowest BCUT2D eigenvalue weighted by Crippen LogP contribution is -1.83. The second-order valence-electron chi connectivity index (χ2n) is 8.41. The van der Waals surface area contributed by atoms with Crippen LogP contribution in [0.15, 0.2) is 12.2 Å². The van der Waals surface area contributed by atoms with E-state index in [-0.39, 0.29) is 0 Å². The molecule has 0 aromatic rings. The van der Waals surface area contributed by atoms with E-state index in [0.29, 0.717) is 0 Å². The van der Waals surface area contributed by atoms with Crippen molar-refractivity contribution in [1.82, 2.24) is 0 Å². The average molecular weight is 365 g/mol. The van der Waals surface area contributed by atoms with Crippen LogP contribution in [0.5, 0.6) is 0 Å². The molecule has 156 valence electrons. The minimum Gasteiger partial charge on any atom is -0.0885 e. The first-order chi connectivity index (χ1) is 12.9. The normalized spacial score (nSPS) is 11.6. The molecule has 0 rings (SSSR count). The molecule has 0 bridgehead atoms. The Balaban J connectivity index is 3.02. The van der Waals surface area contributed by atoms with Crippen LogP contribution in [0.1, 0.15) is 155 Å². The summed E-state index contributed by atoms with van der Waals surface area (Å²) >= 11 is 0. The topological polar surface area (TPSA) is 0 Å². The monoisotopic (exact) mass is 364 g/mol. The average Bonchev–Trinajstić information content (AvgIpc) is 2.66. The molecule has 0 amide bonds. The maximum Gasteiger partial charge on any atom is -0.0351 e. The molecule has 0 fully saturated rings. The van der Waals surface area contributed by atoms with Crippen molar-refractivity contribution in [2.75, 3.05) is 0 Å². The molecule has 0 aromatic heterocycles. The fraction of sp³-hybridized carbons (Fsp3) is 0.923. The van der Waals surface area contributed by atoms with Crippen LogP contribution in [0.25, 0.3) is 0 Å². The van der Waals surface area contributed by atoms with E-state index < -0.39 is 0 Å². The summed E-state index contributed by atoms with van der Waals surface area (Å²) in [6, 6.07) is 0. The molecule has 0 aliphatic rings. The molecule has 0 N–H and O–H groups in total. The Kier molecular flexibility index (Phi) is 24.5. The maximum atomic E-state index is 2.43. The van der Waals surface area contributed by atoms with Crippen LogP contribution in [-0.4, -0.2) is 0 Å². The number of hydrogen-bond donors (Lipinski definition) is 0. The van der Waals surface area contributed by atoms with E-state index >= 15 is 0 Å². The third-order valence-corrected chi connectivity index (χ3v) is 5.62. The van der Waals surface area contributed by atoms with Gasteiger partial charge >= 0.3 is 0 Å². The van der Waals surface area contributed by atoms with Crippen molar-refractivity contribution in [3.8, 4) is 0 Å². The summed E-state index contributed by atoms with van der Waals surface area (Å²) in [6.45, 7) is 4.59. The van der Waals surface area contributed by atoms with Gasteiger partial charge < -0.3 is 0 Å². The Morgan fingerprint density at radius 3 is 0.808 bits per heavy atom. The first-order valence-corrected chi connectivity index (χ1v) is 12.6. The lowest BCUT2D eigenvalue weighted by atomic mass is 10.0. The van der Waals surface area contributed by atoms with Crippen LogP contribution in [0.4, 0.5) is 0 Å². The van der Waals surface area contributed by atoms with E-state index in [1.807, 2.05) is 0 Å². The van der Waals surface area contributed by atoms with E-state index in [9.17, 15) is 0 Å². The highest BCUT2D eigenvalue weighted by atomic mass is 14.0. The van der Waals surface area contributed by atoms with Crippen molar-refractivity contribution in [1.29, 1.82) is 0 Å². The minimum atomic E-state index is 1.31. The molecule has 0 nitrogen and oxygen atoms in total. The first kappa shape index (κ1) is 25.7. The largest absolute Gasteiger partial charge is 0.0885 e. The van der Waals surface area contributed by atoms with Crippen molar-refractivity contribution in [2.45, 2.75) is 155 Å². The number of unbranched alkanes of at least 4 members (excludes halogenated alkanes) is 20. The summed E-state index contributed by atoms with van der Waals surface area (Å²) in [5.41, 5.74) is 0. The zero-order valence-corrected chi connectivity index (χ0v) is 18.7.